The molecule has 1 aliphatic rings. The molecule has 3 rings (SSSR count). The summed E-state index contributed by atoms with van der Waals surface area (Å²) in [6.45, 7) is 0.804. The molecule has 0 unspecified atom stereocenters. The number of nitrogens with two attached hydrogens (primary N) is 1. The van der Waals surface area contributed by atoms with Crippen LogP contribution in [0.25, 0.3) is 10.8 Å². The van der Waals surface area contributed by atoms with Gasteiger partial charge in [-0.05, 0) is 30.2 Å². The Morgan fingerprint density at radius 1 is 1.43 bits per heavy atom. The van der Waals surface area contributed by atoms with Crippen LogP contribution in [0.2, 0.25) is 0 Å². The highest BCUT2D eigenvalue weighted by atomic mass is 16.2. The number of nitrogens with one attached hydrogen (secondary N) is 1. The minimum Gasteiger partial charge on any atom is -0.340 e. The molecule has 1 saturated carbocycles. The lowest BCUT2D eigenvalue weighted by Gasteiger charge is -2.30. The number of hydrazine groups is 1. The van der Waals surface area contributed by atoms with E-state index >= 15 is 0 Å². The zero-order valence-corrected chi connectivity index (χ0v) is 12.2. The predicted octanol–water partition coefficient (Wildman–Crippen LogP) is 2.39. The van der Waals surface area contributed by atoms with Gasteiger partial charge in [0.2, 0.25) is 0 Å². The molecule has 1 fully saturated rings. The van der Waals surface area contributed by atoms with Crippen molar-refractivity contribution >= 4 is 22.5 Å². The molecule has 0 bridgehead atoms. The highest BCUT2D eigenvalue weighted by Crippen LogP contribution is 2.27. The molecule has 5 nitrogen and oxygen atoms in total. The zero-order valence-electron chi connectivity index (χ0n) is 12.2. The average molecular weight is 284 g/mol. The summed E-state index contributed by atoms with van der Waals surface area (Å²) in [4.78, 5) is 18.7. The van der Waals surface area contributed by atoms with Crippen molar-refractivity contribution in [2.24, 2.45) is 11.8 Å². The molecule has 1 amide bonds. The summed E-state index contributed by atoms with van der Waals surface area (Å²) in [5.41, 5.74) is 3.02. The number of pyridine rings is 1. The summed E-state index contributed by atoms with van der Waals surface area (Å²) in [5, 5.41) is 1.87. The van der Waals surface area contributed by atoms with Gasteiger partial charge in [0.05, 0.1) is 0 Å². The van der Waals surface area contributed by atoms with Crippen molar-refractivity contribution in [2.75, 3.05) is 19.0 Å². The third kappa shape index (κ3) is 2.69. The molecule has 0 aliphatic heterocycles. The first-order chi connectivity index (χ1) is 10.2. The van der Waals surface area contributed by atoms with Crippen LogP contribution >= 0.6 is 0 Å². The largest absolute Gasteiger partial charge is 0.340 e. The Hall–Kier alpha value is -2.14. The molecule has 3 N–H and O–H groups in total. The van der Waals surface area contributed by atoms with Gasteiger partial charge in [0.1, 0.15) is 11.5 Å². The van der Waals surface area contributed by atoms with Crippen molar-refractivity contribution in [1.82, 2.24) is 9.88 Å². The summed E-state index contributed by atoms with van der Waals surface area (Å²) in [7, 11) is 1.84. The molecule has 1 aromatic heterocycles. The van der Waals surface area contributed by atoms with Crippen LogP contribution in [0, 0.1) is 5.92 Å². The van der Waals surface area contributed by atoms with Gasteiger partial charge in [0, 0.05) is 19.0 Å². The minimum atomic E-state index is -0.0517. The Bertz CT molecular complexity index is 666. The van der Waals surface area contributed by atoms with Crippen molar-refractivity contribution < 1.29 is 4.79 Å². The standard InChI is InChI=1S/C16H20N4O/c1-20(10-11-5-4-6-11)16(21)14-9-12-7-2-3-8-13(12)15(18-14)19-17/h2-3,7-9,11H,4-6,10,17H2,1H3,(H,18,19). The number of nitrogen functional groups attached to an aromatic ring is 1. The number of carbonyl (C=O) groups excluding carboxylic acids is 1. The highest BCUT2D eigenvalue weighted by molar-refractivity contribution is 6.00. The third-order valence-corrected chi connectivity index (χ3v) is 4.20. The molecule has 2 aromatic rings. The van der Waals surface area contributed by atoms with Crippen molar-refractivity contribution in [2.45, 2.75) is 19.3 Å². The number of hydrogen-bond acceptors (Lipinski definition) is 4. The number of anilines is 1. The van der Waals surface area contributed by atoms with Gasteiger partial charge in [-0.3, -0.25) is 4.79 Å². The van der Waals surface area contributed by atoms with E-state index in [9.17, 15) is 4.79 Å². The number of amides is 1. The van der Waals surface area contributed by atoms with E-state index in [2.05, 4.69) is 10.4 Å². The number of fused-ring (bicyclic) bond motifs is 1. The maximum absolute atomic E-state index is 12.5. The molecule has 1 heterocycles. The molecule has 5 heteroatoms. The van der Waals surface area contributed by atoms with Crippen molar-refractivity contribution in [3.8, 4) is 0 Å². The number of aromatic nitrogens is 1. The lowest BCUT2D eigenvalue weighted by Crippen LogP contribution is -2.34. The van der Waals surface area contributed by atoms with Crippen LogP contribution in [0.3, 0.4) is 0 Å². The number of nitrogens with zero attached hydrogens (tertiary/aromatic N) is 2. The first kappa shape index (κ1) is 13.8. The first-order valence-corrected chi connectivity index (χ1v) is 7.31. The second-order valence-corrected chi connectivity index (χ2v) is 5.70. The number of rotatable bonds is 4. The summed E-state index contributed by atoms with van der Waals surface area (Å²) in [6.07, 6.45) is 3.72. The van der Waals surface area contributed by atoms with E-state index in [-0.39, 0.29) is 5.91 Å². The van der Waals surface area contributed by atoms with E-state index in [1.807, 2.05) is 37.4 Å². The third-order valence-electron chi connectivity index (χ3n) is 4.20. The fourth-order valence-corrected chi connectivity index (χ4v) is 2.76. The Morgan fingerprint density at radius 3 is 2.86 bits per heavy atom. The SMILES string of the molecule is CN(CC1CCC1)C(=O)c1cc2ccccc2c(NN)n1. The maximum atomic E-state index is 12.5. The Morgan fingerprint density at radius 2 is 2.19 bits per heavy atom. The maximum Gasteiger partial charge on any atom is 0.272 e. The van der Waals surface area contributed by atoms with Crippen LogP contribution in [-0.2, 0) is 0 Å². The van der Waals surface area contributed by atoms with Gasteiger partial charge in [-0.25, -0.2) is 10.8 Å². The highest BCUT2D eigenvalue weighted by Gasteiger charge is 2.23. The van der Waals surface area contributed by atoms with Crippen LogP contribution in [0.4, 0.5) is 5.82 Å². The molecule has 110 valence electrons. The van der Waals surface area contributed by atoms with Crippen molar-refractivity contribution in [1.29, 1.82) is 0 Å². The predicted molar refractivity (Wildman–Crippen MR) is 83.9 cm³/mol. The van der Waals surface area contributed by atoms with Crippen LogP contribution < -0.4 is 11.3 Å². The fraction of sp³-hybridized carbons (Fsp3) is 0.375. The molecule has 0 saturated heterocycles. The van der Waals surface area contributed by atoms with Gasteiger partial charge < -0.3 is 10.3 Å². The van der Waals surface area contributed by atoms with E-state index < -0.39 is 0 Å². The van der Waals surface area contributed by atoms with Crippen molar-refractivity contribution in [3.05, 3.63) is 36.0 Å². The molecule has 0 atom stereocenters. The van der Waals surface area contributed by atoms with Crippen LogP contribution in [0.1, 0.15) is 29.8 Å². The van der Waals surface area contributed by atoms with Crippen molar-refractivity contribution in [3.63, 3.8) is 0 Å². The van der Waals surface area contributed by atoms with E-state index in [0.717, 1.165) is 17.3 Å². The molecule has 1 aliphatic carbocycles. The number of hydrogen-bond donors (Lipinski definition) is 2. The minimum absolute atomic E-state index is 0.0517. The Balaban J connectivity index is 1.90. The molecule has 1 aromatic carbocycles. The Kier molecular flexibility index (Phi) is 3.75. The molecular weight excluding hydrogens is 264 g/mol. The fourth-order valence-electron chi connectivity index (χ4n) is 2.76. The smallest absolute Gasteiger partial charge is 0.272 e. The molecule has 0 radical (unpaired) electrons. The average Bonchev–Trinajstić information content (AvgIpc) is 2.48. The second-order valence-electron chi connectivity index (χ2n) is 5.70. The van der Waals surface area contributed by atoms with E-state index in [0.29, 0.717) is 17.4 Å². The second kappa shape index (κ2) is 5.69. The molecular formula is C16H20N4O. The topological polar surface area (TPSA) is 71.2 Å². The van der Waals surface area contributed by atoms with Gasteiger partial charge in [0.15, 0.2) is 0 Å². The van der Waals surface area contributed by atoms with Crippen LogP contribution in [0.15, 0.2) is 30.3 Å². The van der Waals surface area contributed by atoms with Gasteiger partial charge in [-0.2, -0.15) is 0 Å². The van der Waals surface area contributed by atoms with Crippen LogP contribution in [-0.4, -0.2) is 29.4 Å². The first-order valence-electron chi connectivity index (χ1n) is 7.31. The monoisotopic (exact) mass is 284 g/mol. The van der Waals surface area contributed by atoms with Crippen LogP contribution in [0.5, 0.6) is 0 Å². The summed E-state index contributed by atoms with van der Waals surface area (Å²) in [6, 6.07) is 9.59. The summed E-state index contributed by atoms with van der Waals surface area (Å²) in [5.74, 6) is 6.66. The van der Waals surface area contributed by atoms with Gasteiger partial charge in [0.25, 0.3) is 5.91 Å². The normalized spacial score (nSPS) is 14.8. The molecule has 0 spiro atoms. The zero-order chi connectivity index (χ0) is 14.8. The molecule has 21 heavy (non-hydrogen) atoms. The quantitative estimate of drug-likeness (QED) is 0.668. The van der Waals surface area contributed by atoms with E-state index in [1.165, 1.54) is 19.3 Å². The van der Waals surface area contributed by atoms with E-state index in [4.69, 9.17) is 5.84 Å². The summed E-state index contributed by atoms with van der Waals surface area (Å²) < 4.78 is 0. The number of carbonyl (C=O) groups is 1. The summed E-state index contributed by atoms with van der Waals surface area (Å²) >= 11 is 0. The van der Waals surface area contributed by atoms with Gasteiger partial charge in [-0.15, -0.1) is 0 Å². The number of benzene rings is 1. The Labute approximate surface area is 124 Å². The van der Waals surface area contributed by atoms with Gasteiger partial charge in [-0.1, -0.05) is 30.7 Å². The lowest BCUT2D eigenvalue weighted by atomic mass is 9.85. The van der Waals surface area contributed by atoms with Gasteiger partial charge >= 0.3 is 0 Å². The van der Waals surface area contributed by atoms with E-state index in [1.54, 1.807) is 4.90 Å². The lowest BCUT2D eigenvalue weighted by molar-refractivity contribution is 0.0740.